The Morgan fingerprint density at radius 2 is 2.14 bits per heavy atom. The molecule has 0 saturated heterocycles. The fourth-order valence-electron chi connectivity index (χ4n) is 0.263. The molecule has 0 saturated carbocycles. The summed E-state index contributed by atoms with van der Waals surface area (Å²) in [6.07, 6.45) is 0.931. The molecule has 0 heterocycles. The molecule has 0 rings (SSSR count). The molecule has 0 fully saturated rings. The molecule has 4 N–H and O–H groups in total. The van der Waals surface area contributed by atoms with Gasteiger partial charge in [-0.15, -0.1) is 0 Å². The fourth-order valence-corrected chi connectivity index (χ4v) is 0.263. The van der Waals surface area contributed by atoms with Crippen LogP contribution < -0.4 is 41.0 Å². The summed E-state index contributed by atoms with van der Waals surface area (Å²) in [5.41, 5.74) is 10.5. The van der Waals surface area contributed by atoms with Crippen molar-refractivity contribution in [1.82, 2.24) is 0 Å². The van der Waals surface area contributed by atoms with Crippen molar-refractivity contribution in [2.75, 3.05) is 6.54 Å². The van der Waals surface area contributed by atoms with Crippen molar-refractivity contribution in [3.8, 4) is 0 Å². The molecule has 40 valence electrons. The molecule has 0 aliphatic carbocycles. The predicted molar refractivity (Wildman–Crippen MR) is 28.4 cm³/mol. The summed E-state index contributed by atoms with van der Waals surface area (Å²) in [7, 11) is 0. The van der Waals surface area contributed by atoms with Crippen molar-refractivity contribution in [2.45, 2.75) is 19.4 Å². The van der Waals surface area contributed by atoms with Gasteiger partial charge in [0, 0.05) is 6.04 Å². The second kappa shape index (κ2) is 6.92. The third-order valence-corrected chi connectivity index (χ3v) is 0.622. The summed E-state index contributed by atoms with van der Waals surface area (Å²) in [5, 5.41) is 0. The molecule has 0 aromatic heterocycles. The van der Waals surface area contributed by atoms with E-state index < -0.39 is 0 Å². The van der Waals surface area contributed by atoms with E-state index in [4.69, 9.17) is 11.5 Å². The minimum atomic E-state index is 0. The molecule has 0 spiro atoms. The average molecular weight is 112 g/mol. The van der Waals surface area contributed by atoms with Gasteiger partial charge in [-0.05, 0) is 19.9 Å². The smallest absolute Gasteiger partial charge is 1.00 e. The Bertz CT molecular complexity index is 35.2. The van der Waals surface area contributed by atoms with Crippen molar-refractivity contribution in [3.63, 3.8) is 0 Å². The van der Waals surface area contributed by atoms with Gasteiger partial charge in [0.15, 0.2) is 0 Å². The molecule has 7 heavy (non-hydrogen) atoms. The van der Waals surface area contributed by atoms with E-state index >= 15 is 0 Å². The van der Waals surface area contributed by atoms with Crippen LogP contribution in [0.2, 0.25) is 0 Å². The summed E-state index contributed by atoms with van der Waals surface area (Å²) in [6.45, 7) is 2.66. The molecule has 0 aromatic rings. The number of rotatable bonds is 2. The van der Waals surface area contributed by atoms with Crippen LogP contribution in [0.4, 0.5) is 0 Å². The first-order valence-corrected chi connectivity index (χ1v) is 2.23. The predicted octanol–water partition coefficient (Wildman–Crippen LogP) is -3.20. The third kappa shape index (κ3) is 10.9. The van der Waals surface area contributed by atoms with Crippen LogP contribution in [0.3, 0.4) is 0 Å². The quantitative estimate of drug-likeness (QED) is 0.370. The van der Waals surface area contributed by atoms with Crippen molar-refractivity contribution >= 4 is 0 Å². The molecular formula is C4H13N2Na. The molecule has 2 nitrogen and oxygen atoms in total. The number of hydrogen-bond donors (Lipinski definition) is 2. The molecule has 0 radical (unpaired) electrons. The molecule has 1 unspecified atom stereocenters. The van der Waals surface area contributed by atoms with Gasteiger partial charge >= 0.3 is 29.6 Å². The molecular weight excluding hydrogens is 99.0 g/mol. The van der Waals surface area contributed by atoms with Crippen molar-refractivity contribution in [3.05, 3.63) is 0 Å². The van der Waals surface area contributed by atoms with Crippen LogP contribution >= 0.6 is 0 Å². The van der Waals surface area contributed by atoms with Crippen LogP contribution in [0.15, 0.2) is 0 Å². The van der Waals surface area contributed by atoms with Gasteiger partial charge < -0.3 is 12.9 Å². The zero-order valence-corrected chi connectivity index (χ0v) is 7.15. The molecule has 0 bridgehead atoms. The van der Waals surface area contributed by atoms with E-state index in [2.05, 4.69) is 0 Å². The van der Waals surface area contributed by atoms with E-state index in [1.807, 2.05) is 6.92 Å². The van der Waals surface area contributed by atoms with E-state index in [1.54, 1.807) is 0 Å². The largest absolute Gasteiger partial charge is 1.00 e. The molecule has 0 amide bonds. The second-order valence-electron chi connectivity index (χ2n) is 1.55. The van der Waals surface area contributed by atoms with E-state index in [0.717, 1.165) is 6.42 Å². The first kappa shape index (κ1) is 10.8. The van der Waals surface area contributed by atoms with Crippen molar-refractivity contribution in [1.29, 1.82) is 0 Å². The van der Waals surface area contributed by atoms with Crippen molar-refractivity contribution < 1.29 is 31.0 Å². The molecule has 1 atom stereocenters. The van der Waals surface area contributed by atoms with Crippen LogP contribution in [-0.4, -0.2) is 12.6 Å². The van der Waals surface area contributed by atoms with Crippen LogP contribution in [0.1, 0.15) is 14.8 Å². The fraction of sp³-hybridized carbons (Fsp3) is 1.00. The maximum Gasteiger partial charge on any atom is 1.00 e. The van der Waals surface area contributed by atoms with Gasteiger partial charge in [0.2, 0.25) is 0 Å². The SMILES string of the molecule is CC(N)CCN.[H-].[Na+]. The third-order valence-electron chi connectivity index (χ3n) is 0.622. The maximum atomic E-state index is 5.32. The summed E-state index contributed by atoms with van der Waals surface area (Å²) < 4.78 is 0. The van der Waals surface area contributed by atoms with Gasteiger partial charge in [-0.3, -0.25) is 0 Å². The molecule has 0 aliphatic rings. The average Bonchev–Trinajstić information content (AvgIpc) is 1.35. The van der Waals surface area contributed by atoms with Gasteiger partial charge in [-0.1, -0.05) is 0 Å². The standard InChI is InChI=1S/C4H12N2.Na.H/c1-4(6)2-3-5;;/h4H,2-3,5-6H2,1H3;;/q;+1;-1. The second-order valence-corrected chi connectivity index (χ2v) is 1.55. The monoisotopic (exact) mass is 112 g/mol. The Morgan fingerprint density at radius 3 is 2.14 bits per heavy atom. The molecule has 0 aliphatic heterocycles. The summed E-state index contributed by atoms with van der Waals surface area (Å²) in [4.78, 5) is 0. The van der Waals surface area contributed by atoms with Gasteiger partial charge in [-0.25, -0.2) is 0 Å². The minimum Gasteiger partial charge on any atom is -1.00 e. The Hall–Kier alpha value is 0.920. The zero-order chi connectivity index (χ0) is 4.99. The van der Waals surface area contributed by atoms with E-state index in [9.17, 15) is 0 Å². The van der Waals surface area contributed by atoms with E-state index in [-0.39, 0.29) is 37.0 Å². The first-order valence-electron chi connectivity index (χ1n) is 2.23. The first-order chi connectivity index (χ1) is 2.77. The Morgan fingerprint density at radius 1 is 1.71 bits per heavy atom. The van der Waals surface area contributed by atoms with Gasteiger partial charge in [0.25, 0.3) is 0 Å². The number of hydrogen-bond acceptors (Lipinski definition) is 2. The van der Waals surface area contributed by atoms with Crippen LogP contribution in [-0.2, 0) is 0 Å². The zero-order valence-electron chi connectivity index (χ0n) is 6.15. The Balaban J connectivity index is -0.000000125. The van der Waals surface area contributed by atoms with Crippen LogP contribution in [0, 0.1) is 0 Å². The van der Waals surface area contributed by atoms with E-state index in [0.29, 0.717) is 6.54 Å². The van der Waals surface area contributed by atoms with Crippen LogP contribution in [0.5, 0.6) is 0 Å². The van der Waals surface area contributed by atoms with Gasteiger partial charge in [0.05, 0.1) is 0 Å². The Kier molecular flexibility index (Phi) is 10.7. The molecule has 3 heteroatoms. The molecule has 0 aromatic carbocycles. The van der Waals surface area contributed by atoms with Crippen LogP contribution in [0.25, 0.3) is 0 Å². The summed E-state index contributed by atoms with van der Waals surface area (Å²) in [5.74, 6) is 0. The topological polar surface area (TPSA) is 52.0 Å². The summed E-state index contributed by atoms with van der Waals surface area (Å²) >= 11 is 0. The number of nitrogens with two attached hydrogens (primary N) is 2. The maximum absolute atomic E-state index is 5.32. The van der Waals surface area contributed by atoms with E-state index in [1.165, 1.54) is 0 Å². The minimum absolute atomic E-state index is 0. The van der Waals surface area contributed by atoms with Crippen molar-refractivity contribution in [2.24, 2.45) is 11.5 Å². The normalized spacial score (nSPS) is 12.4. The van der Waals surface area contributed by atoms with Gasteiger partial charge in [-0.2, -0.15) is 0 Å². The Labute approximate surface area is 68.4 Å². The summed E-state index contributed by atoms with van der Waals surface area (Å²) in [6, 6.07) is 0.273. The van der Waals surface area contributed by atoms with Gasteiger partial charge in [0.1, 0.15) is 0 Å².